The highest BCUT2D eigenvalue weighted by Crippen LogP contribution is 2.21. The summed E-state index contributed by atoms with van der Waals surface area (Å²) in [7, 11) is 0. The quantitative estimate of drug-likeness (QED) is 0.754. The van der Waals surface area contributed by atoms with Gasteiger partial charge in [-0.1, -0.05) is 35.9 Å². The maximum Gasteiger partial charge on any atom is 0.257 e. The molecule has 0 spiro atoms. The molecule has 20 heavy (non-hydrogen) atoms. The molecule has 4 heteroatoms. The van der Waals surface area contributed by atoms with Crippen molar-refractivity contribution in [3.8, 4) is 0 Å². The summed E-state index contributed by atoms with van der Waals surface area (Å²) in [5.74, 6) is -0.0418. The summed E-state index contributed by atoms with van der Waals surface area (Å²) in [6.45, 7) is 1.39. The number of fused-ring (bicyclic) bond motifs is 1. The van der Waals surface area contributed by atoms with Gasteiger partial charge in [-0.05, 0) is 36.1 Å². The summed E-state index contributed by atoms with van der Waals surface area (Å²) < 4.78 is 0. The van der Waals surface area contributed by atoms with Crippen LogP contribution in [0.3, 0.4) is 0 Å². The number of carbonyl (C=O) groups is 1. The Balaban J connectivity index is 1.88. The van der Waals surface area contributed by atoms with Crippen LogP contribution in [-0.4, -0.2) is 22.3 Å². The molecule has 0 atom stereocenters. The van der Waals surface area contributed by atoms with E-state index in [9.17, 15) is 4.79 Å². The molecule has 102 valence electrons. The Morgan fingerprint density at radius 3 is 2.75 bits per heavy atom. The Kier molecular flexibility index (Phi) is 3.70. The fourth-order valence-electron chi connectivity index (χ4n) is 2.59. The molecule has 1 aromatic carbocycles. The molecule has 2 aromatic rings. The standard InChI is InChI=1S/C16H15ClN2O/c17-15-14(8-3-9-18-15)16(20)19-10-4-7-12-5-1-2-6-13(12)11-19/h1-3,5-6,8-9H,4,7,10-11H2. The van der Waals surface area contributed by atoms with E-state index < -0.39 is 0 Å². The smallest absolute Gasteiger partial charge is 0.257 e. The molecule has 0 saturated heterocycles. The van der Waals surface area contributed by atoms with Crippen LogP contribution in [0.15, 0.2) is 42.6 Å². The molecule has 0 N–H and O–H groups in total. The van der Waals surface area contributed by atoms with Gasteiger partial charge in [-0.3, -0.25) is 4.79 Å². The molecule has 2 heterocycles. The molecule has 0 saturated carbocycles. The Bertz CT molecular complexity index is 642. The number of aromatic nitrogens is 1. The van der Waals surface area contributed by atoms with Gasteiger partial charge in [0.1, 0.15) is 5.15 Å². The van der Waals surface area contributed by atoms with Gasteiger partial charge >= 0.3 is 0 Å². The van der Waals surface area contributed by atoms with Crippen molar-refractivity contribution in [1.29, 1.82) is 0 Å². The molecular formula is C16H15ClN2O. The number of amides is 1. The van der Waals surface area contributed by atoms with Crippen LogP contribution < -0.4 is 0 Å². The van der Waals surface area contributed by atoms with Crippen molar-refractivity contribution in [1.82, 2.24) is 9.88 Å². The highest BCUT2D eigenvalue weighted by atomic mass is 35.5. The highest BCUT2D eigenvalue weighted by Gasteiger charge is 2.21. The van der Waals surface area contributed by atoms with E-state index in [2.05, 4.69) is 17.1 Å². The van der Waals surface area contributed by atoms with E-state index in [-0.39, 0.29) is 11.1 Å². The third kappa shape index (κ3) is 2.54. The average molecular weight is 287 g/mol. The molecule has 0 aliphatic carbocycles. The van der Waals surface area contributed by atoms with Crippen molar-refractivity contribution >= 4 is 17.5 Å². The van der Waals surface area contributed by atoms with Crippen molar-refractivity contribution < 1.29 is 4.79 Å². The number of hydrogen-bond acceptors (Lipinski definition) is 2. The first-order valence-electron chi connectivity index (χ1n) is 6.72. The van der Waals surface area contributed by atoms with Gasteiger partial charge in [0.05, 0.1) is 5.56 Å². The zero-order valence-electron chi connectivity index (χ0n) is 11.1. The lowest BCUT2D eigenvalue weighted by Gasteiger charge is -2.21. The molecular weight excluding hydrogens is 272 g/mol. The first-order valence-corrected chi connectivity index (χ1v) is 7.10. The lowest BCUT2D eigenvalue weighted by molar-refractivity contribution is 0.0745. The van der Waals surface area contributed by atoms with E-state index in [0.29, 0.717) is 12.1 Å². The fraction of sp³-hybridized carbons (Fsp3) is 0.250. The van der Waals surface area contributed by atoms with Crippen LogP contribution in [0.2, 0.25) is 5.15 Å². The fourth-order valence-corrected chi connectivity index (χ4v) is 2.79. The second kappa shape index (κ2) is 5.63. The van der Waals surface area contributed by atoms with Crippen LogP contribution in [0.25, 0.3) is 0 Å². The van der Waals surface area contributed by atoms with Gasteiger partial charge in [-0.2, -0.15) is 0 Å². The largest absolute Gasteiger partial charge is 0.334 e. The molecule has 0 fully saturated rings. The second-order valence-electron chi connectivity index (χ2n) is 4.94. The van der Waals surface area contributed by atoms with Crippen molar-refractivity contribution in [3.63, 3.8) is 0 Å². The van der Waals surface area contributed by atoms with E-state index in [0.717, 1.165) is 19.4 Å². The van der Waals surface area contributed by atoms with Crippen LogP contribution in [0.4, 0.5) is 0 Å². The zero-order valence-corrected chi connectivity index (χ0v) is 11.8. The van der Waals surface area contributed by atoms with E-state index in [1.165, 1.54) is 11.1 Å². The number of benzene rings is 1. The van der Waals surface area contributed by atoms with Crippen molar-refractivity contribution in [2.24, 2.45) is 0 Å². The lowest BCUT2D eigenvalue weighted by atomic mass is 10.0. The predicted octanol–water partition coefficient (Wildman–Crippen LogP) is 3.32. The van der Waals surface area contributed by atoms with E-state index in [1.807, 2.05) is 17.0 Å². The second-order valence-corrected chi connectivity index (χ2v) is 5.30. The topological polar surface area (TPSA) is 33.2 Å². The first-order chi connectivity index (χ1) is 9.75. The number of hydrogen-bond donors (Lipinski definition) is 0. The number of rotatable bonds is 1. The minimum Gasteiger partial charge on any atom is -0.334 e. The minimum absolute atomic E-state index is 0.0418. The average Bonchev–Trinajstić information content (AvgIpc) is 2.69. The maximum absolute atomic E-state index is 12.6. The molecule has 0 radical (unpaired) electrons. The van der Waals surface area contributed by atoms with Gasteiger partial charge in [-0.15, -0.1) is 0 Å². The Morgan fingerprint density at radius 2 is 1.95 bits per heavy atom. The third-order valence-electron chi connectivity index (χ3n) is 3.63. The molecule has 3 nitrogen and oxygen atoms in total. The van der Waals surface area contributed by atoms with Crippen molar-refractivity contribution in [2.75, 3.05) is 6.54 Å². The number of carbonyl (C=O) groups excluding carboxylic acids is 1. The zero-order chi connectivity index (χ0) is 13.9. The van der Waals surface area contributed by atoms with E-state index in [4.69, 9.17) is 11.6 Å². The molecule has 1 aromatic heterocycles. The summed E-state index contributed by atoms with van der Waals surface area (Å²) in [5, 5.41) is 0.273. The number of aryl methyl sites for hydroxylation is 1. The van der Waals surface area contributed by atoms with Gasteiger partial charge in [0.15, 0.2) is 0 Å². The minimum atomic E-state index is -0.0418. The summed E-state index contributed by atoms with van der Waals surface area (Å²) >= 11 is 6.02. The maximum atomic E-state index is 12.6. The summed E-state index contributed by atoms with van der Waals surface area (Å²) in [6, 6.07) is 11.8. The highest BCUT2D eigenvalue weighted by molar-refractivity contribution is 6.32. The Hall–Kier alpha value is -1.87. The molecule has 1 amide bonds. The molecule has 0 unspecified atom stereocenters. The molecule has 3 rings (SSSR count). The Morgan fingerprint density at radius 1 is 1.15 bits per heavy atom. The number of nitrogens with zero attached hydrogens (tertiary/aromatic N) is 2. The van der Waals surface area contributed by atoms with Crippen molar-refractivity contribution in [2.45, 2.75) is 19.4 Å². The van der Waals surface area contributed by atoms with Gasteiger partial charge in [0.2, 0.25) is 0 Å². The van der Waals surface area contributed by atoms with Gasteiger partial charge in [-0.25, -0.2) is 4.98 Å². The van der Waals surface area contributed by atoms with E-state index in [1.54, 1.807) is 18.3 Å². The van der Waals surface area contributed by atoms with Gasteiger partial charge < -0.3 is 4.90 Å². The van der Waals surface area contributed by atoms with Crippen LogP contribution in [0.1, 0.15) is 27.9 Å². The number of halogens is 1. The predicted molar refractivity (Wildman–Crippen MR) is 78.8 cm³/mol. The summed E-state index contributed by atoms with van der Waals surface area (Å²) in [6.07, 6.45) is 3.58. The third-order valence-corrected chi connectivity index (χ3v) is 3.93. The first kappa shape index (κ1) is 13.1. The Labute approximate surface area is 123 Å². The lowest BCUT2D eigenvalue weighted by Crippen LogP contribution is -2.31. The number of pyridine rings is 1. The normalized spacial score (nSPS) is 14.6. The SMILES string of the molecule is O=C(c1cccnc1Cl)N1CCCc2ccccc2C1. The molecule has 1 aliphatic rings. The van der Waals surface area contributed by atoms with Crippen molar-refractivity contribution in [3.05, 3.63) is 64.4 Å². The summed E-state index contributed by atoms with van der Waals surface area (Å²) in [4.78, 5) is 18.4. The van der Waals surface area contributed by atoms with Crippen LogP contribution >= 0.6 is 11.6 Å². The molecule has 1 aliphatic heterocycles. The van der Waals surface area contributed by atoms with Gasteiger partial charge in [0, 0.05) is 19.3 Å². The summed E-state index contributed by atoms with van der Waals surface area (Å²) in [5.41, 5.74) is 3.03. The van der Waals surface area contributed by atoms with Crippen LogP contribution in [0.5, 0.6) is 0 Å². The van der Waals surface area contributed by atoms with E-state index >= 15 is 0 Å². The molecule has 0 bridgehead atoms. The van der Waals surface area contributed by atoms with Crippen LogP contribution in [0, 0.1) is 0 Å². The van der Waals surface area contributed by atoms with Gasteiger partial charge in [0.25, 0.3) is 5.91 Å². The van der Waals surface area contributed by atoms with Crippen LogP contribution in [-0.2, 0) is 13.0 Å². The monoisotopic (exact) mass is 286 g/mol.